The Kier molecular flexibility index (Phi) is 13.7. The van der Waals surface area contributed by atoms with Crippen molar-refractivity contribution >= 4 is 5.97 Å². The van der Waals surface area contributed by atoms with Crippen LogP contribution in [0.4, 0.5) is 0 Å². The number of aliphatic carboxylic acids is 1. The van der Waals surface area contributed by atoms with Crippen molar-refractivity contribution in [1.82, 2.24) is 4.90 Å². The Bertz CT molecular complexity index is 247. The van der Waals surface area contributed by atoms with E-state index < -0.39 is 5.97 Å². The highest BCUT2D eigenvalue weighted by molar-refractivity contribution is 5.62. The summed E-state index contributed by atoms with van der Waals surface area (Å²) in [6, 6.07) is 0. The Morgan fingerprint density at radius 1 is 1.05 bits per heavy atom. The topological polar surface area (TPSA) is 40.5 Å². The van der Waals surface area contributed by atoms with Gasteiger partial charge in [0.1, 0.15) is 0 Å². The summed E-state index contributed by atoms with van der Waals surface area (Å²) in [5.74, 6) is -0.833. The predicted octanol–water partition coefficient (Wildman–Crippen LogP) is 4.83. The first-order chi connectivity index (χ1) is 9.66. The summed E-state index contributed by atoms with van der Waals surface area (Å²) in [4.78, 5) is 11.5. The number of unbranched alkanes of at least 4 members (excludes halogenated alkanes) is 8. The normalized spacial score (nSPS) is 13.2. The molecule has 0 aromatic carbocycles. The van der Waals surface area contributed by atoms with E-state index >= 15 is 0 Å². The standard InChI is InChI=1S/C15H29N.C2H4O2/c1-2-3-4-5-6-7-8-9-10-13-16-14-11-12-15-16;1-2(3)4/h11,14H,2-10,12-13,15H2,1H3;1H3,(H,3,4). The highest BCUT2D eigenvalue weighted by atomic mass is 16.4. The van der Waals surface area contributed by atoms with Gasteiger partial charge in [0.15, 0.2) is 0 Å². The molecule has 1 aliphatic rings. The van der Waals surface area contributed by atoms with Gasteiger partial charge in [0, 0.05) is 20.0 Å². The van der Waals surface area contributed by atoms with Crippen LogP contribution in [0.5, 0.6) is 0 Å². The van der Waals surface area contributed by atoms with Crippen molar-refractivity contribution in [3.8, 4) is 0 Å². The van der Waals surface area contributed by atoms with Crippen LogP contribution in [-0.2, 0) is 4.79 Å². The SMILES string of the molecule is CC(=O)O.CCCCCCCCCCCN1C=CCC1. The number of carboxylic acid groups (broad SMARTS) is 1. The molecule has 0 atom stereocenters. The number of hydrogen-bond donors (Lipinski definition) is 1. The molecule has 0 aromatic heterocycles. The second-order valence-corrected chi connectivity index (χ2v) is 5.56. The summed E-state index contributed by atoms with van der Waals surface area (Å²) >= 11 is 0. The molecule has 1 heterocycles. The maximum absolute atomic E-state index is 9.00. The summed E-state index contributed by atoms with van der Waals surface area (Å²) in [5.41, 5.74) is 0. The van der Waals surface area contributed by atoms with E-state index in [1.807, 2.05) is 0 Å². The molecule has 3 heteroatoms. The Morgan fingerprint density at radius 2 is 1.55 bits per heavy atom. The molecule has 0 saturated carbocycles. The fourth-order valence-corrected chi connectivity index (χ4v) is 2.35. The van der Waals surface area contributed by atoms with Gasteiger partial charge < -0.3 is 10.0 Å². The van der Waals surface area contributed by atoms with Crippen molar-refractivity contribution in [1.29, 1.82) is 0 Å². The van der Waals surface area contributed by atoms with Crippen LogP contribution in [0.15, 0.2) is 12.3 Å². The molecule has 1 aliphatic heterocycles. The molecule has 0 aliphatic carbocycles. The first kappa shape index (κ1) is 19.0. The number of carboxylic acids is 1. The molecular weight excluding hydrogens is 250 g/mol. The first-order valence-corrected chi connectivity index (χ1v) is 8.27. The van der Waals surface area contributed by atoms with Crippen LogP contribution < -0.4 is 0 Å². The van der Waals surface area contributed by atoms with Gasteiger partial charge in [-0.2, -0.15) is 0 Å². The number of carbonyl (C=O) groups is 1. The zero-order valence-corrected chi connectivity index (χ0v) is 13.4. The van der Waals surface area contributed by atoms with Crippen molar-refractivity contribution < 1.29 is 9.90 Å². The Labute approximate surface area is 125 Å². The molecule has 0 spiro atoms. The van der Waals surface area contributed by atoms with Crippen molar-refractivity contribution in [2.75, 3.05) is 13.1 Å². The van der Waals surface area contributed by atoms with Crippen molar-refractivity contribution in [3.63, 3.8) is 0 Å². The molecular formula is C17H33NO2. The first-order valence-electron chi connectivity index (χ1n) is 8.27. The van der Waals surface area contributed by atoms with Crippen molar-refractivity contribution in [2.24, 2.45) is 0 Å². The molecule has 0 radical (unpaired) electrons. The predicted molar refractivity (Wildman–Crippen MR) is 85.9 cm³/mol. The molecule has 0 fully saturated rings. The minimum Gasteiger partial charge on any atom is -0.481 e. The maximum atomic E-state index is 9.00. The second-order valence-electron chi connectivity index (χ2n) is 5.56. The third-order valence-electron chi connectivity index (χ3n) is 3.45. The van der Waals surface area contributed by atoms with Gasteiger partial charge in [-0.15, -0.1) is 0 Å². The van der Waals surface area contributed by atoms with Gasteiger partial charge in [-0.05, 0) is 19.0 Å². The summed E-state index contributed by atoms with van der Waals surface area (Å²) in [6.45, 7) is 5.91. The lowest BCUT2D eigenvalue weighted by Crippen LogP contribution is -2.15. The van der Waals surface area contributed by atoms with E-state index in [1.54, 1.807) is 0 Å². The highest BCUT2D eigenvalue weighted by Gasteiger charge is 2.02. The summed E-state index contributed by atoms with van der Waals surface area (Å²) < 4.78 is 0. The van der Waals surface area contributed by atoms with Crippen molar-refractivity contribution in [3.05, 3.63) is 12.3 Å². The van der Waals surface area contributed by atoms with Gasteiger partial charge in [0.25, 0.3) is 5.97 Å². The van der Waals surface area contributed by atoms with E-state index in [-0.39, 0.29) is 0 Å². The van der Waals surface area contributed by atoms with Crippen LogP contribution in [0.25, 0.3) is 0 Å². The molecule has 0 bridgehead atoms. The summed E-state index contributed by atoms with van der Waals surface area (Å²) in [5, 5.41) is 7.42. The molecule has 1 N–H and O–H groups in total. The van der Waals surface area contributed by atoms with Crippen LogP contribution in [0, 0.1) is 0 Å². The quantitative estimate of drug-likeness (QED) is 0.584. The van der Waals surface area contributed by atoms with E-state index in [1.165, 1.54) is 77.3 Å². The number of nitrogens with zero attached hydrogens (tertiary/aromatic N) is 1. The highest BCUT2D eigenvalue weighted by Crippen LogP contribution is 2.11. The second kappa shape index (κ2) is 14.4. The monoisotopic (exact) mass is 283 g/mol. The average molecular weight is 283 g/mol. The van der Waals surface area contributed by atoms with Gasteiger partial charge in [-0.25, -0.2) is 0 Å². The van der Waals surface area contributed by atoms with Gasteiger partial charge >= 0.3 is 0 Å². The fraction of sp³-hybridized carbons (Fsp3) is 0.824. The smallest absolute Gasteiger partial charge is 0.300 e. The van der Waals surface area contributed by atoms with Gasteiger partial charge in [-0.1, -0.05) is 64.4 Å². The van der Waals surface area contributed by atoms with Crippen molar-refractivity contribution in [2.45, 2.75) is 78.1 Å². The lowest BCUT2D eigenvalue weighted by atomic mass is 10.1. The Morgan fingerprint density at radius 3 is 2.00 bits per heavy atom. The fourth-order valence-electron chi connectivity index (χ4n) is 2.35. The van der Waals surface area contributed by atoms with E-state index in [4.69, 9.17) is 9.90 Å². The number of rotatable bonds is 10. The maximum Gasteiger partial charge on any atom is 0.300 e. The van der Waals surface area contributed by atoms with Crippen LogP contribution in [-0.4, -0.2) is 29.1 Å². The van der Waals surface area contributed by atoms with Crippen LogP contribution >= 0.6 is 0 Å². The molecule has 0 saturated heterocycles. The van der Waals surface area contributed by atoms with Gasteiger partial charge in [0.05, 0.1) is 0 Å². The number of hydrogen-bond acceptors (Lipinski definition) is 2. The summed E-state index contributed by atoms with van der Waals surface area (Å²) in [6.07, 6.45) is 18.7. The average Bonchev–Trinajstić information content (AvgIpc) is 2.89. The van der Waals surface area contributed by atoms with E-state index in [9.17, 15) is 0 Å². The van der Waals surface area contributed by atoms with Crippen LogP contribution in [0.1, 0.15) is 78.1 Å². The zero-order valence-electron chi connectivity index (χ0n) is 13.4. The van der Waals surface area contributed by atoms with Crippen LogP contribution in [0.3, 0.4) is 0 Å². The molecule has 3 nitrogen and oxygen atoms in total. The van der Waals surface area contributed by atoms with E-state index in [0.29, 0.717) is 0 Å². The third kappa shape index (κ3) is 15.1. The largest absolute Gasteiger partial charge is 0.481 e. The molecule has 20 heavy (non-hydrogen) atoms. The van der Waals surface area contributed by atoms with Crippen LogP contribution in [0.2, 0.25) is 0 Å². The molecule has 1 rings (SSSR count). The molecule has 118 valence electrons. The molecule has 0 aromatic rings. The molecule has 0 unspecified atom stereocenters. The summed E-state index contributed by atoms with van der Waals surface area (Å²) in [7, 11) is 0. The Hall–Kier alpha value is -0.990. The molecule has 0 amide bonds. The lowest BCUT2D eigenvalue weighted by Gasteiger charge is -2.14. The minimum absolute atomic E-state index is 0.833. The zero-order chi connectivity index (χ0) is 15.1. The van der Waals surface area contributed by atoms with Gasteiger partial charge in [-0.3, -0.25) is 4.79 Å². The minimum atomic E-state index is -0.833. The lowest BCUT2D eigenvalue weighted by molar-refractivity contribution is -0.134. The van der Waals surface area contributed by atoms with E-state index in [0.717, 1.165) is 6.92 Å². The van der Waals surface area contributed by atoms with Gasteiger partial charge in [0.2, 0.25) is 0 Å². The van der Waals surface area contributed by atoms with E-state index in [2.05, 4.69) is 24.1 Å². The Balaban J connectivity index is 0.000000796. The third-order valence-corrected chi connectivity index (χ3v) is 3.45.